The van der Waals surface area contributed by atoms with Gasteiger partial charge in [0.2, 0.25) is 0 Å². The SMILES string of the molecule is Cc1cc(-c2n[nH]c3ccccc23)nc2c1c(C)nn2C1CCS(=O)(=O)C1. The number of benzene rings is 1. The molecule has 1 atom stereocenters. The molecule has 0 amide bonds. The molecular formula is C19H19N5O2S. The van der Waals surface area contributed by atoms with Crippen LogP contribution in [0, 0.1) is 13.8 Å². The van der Waals surface area contributed by atoms with Crippen LogP contribution in [0.3, 0.4) is 0 Å². The first-order valence-corrected chi connectivity index (χ1v) is 10.8. The van der Waals surface area contributed by atoms with Crippen LogP contribution in [-0.2, 0) is 9.84 Å². The van der Waals surface area contributed by atoms with Crippen LogP contribution >= 0.6 is 0 Å². The summed E-state index contributed by atoms with van der Waals surface area (Å²) in [5.41, 5.74) is 5.18. The van der Waals surface area contributed by atoms with E-state index in [9.17, 15) is 8.42 Å². The lowest BCUT2D eigenvalue weighted by Gasteiger charge is -2.10. The number of nitrogens with one attached hydrogen (secondary N) is 1. The summed E-state index contributed by atoms with van der Waals surface area (Å²) in [5, 5.41) is 14.1. The Morgan fingerprint density at radius 1 is 1.22 bits per heavy atom. The number of aromatic amines is 1. The third-order valence-electron chi connectivity index (χ3n) is 5.30. The molecule has 8 heteroatoms. The largest absolute Gasteiger partial charge is 0.277 e. The topological polar surface area (TPSA) is 93.5 Å². The zero-order valence-electron chi connectivity index (χ0n) is 15.1. The van der Waals surface area contributed by atoms with Crippen molar-refractivity contribution in [3.8, 4) is 11.4 Å². The molecule has 1 aliphatic heterocycles. The Morgan fingerprint density at radius 3 is 2.81 bits per heavy atom. The van der Waals surface area contributed by atoms with Crippen LogP contribution in [0.25, 0.3) is 33.3 Å². The van der Waals surface area contributed by atoms with Crippen LogP contribution in [-0.4, -0.2) is 44.9 Å². The number of aryl methyl sites for hydroxylation is 2. The minimum Gasteiger partial charge on any atom is -0.277 e. The van der Waals surface area contributed by atoms with Gasteiger partial charge in [0.1, 0.15) is 5.69 Å². The molecule has 4 aromatic rings. The van der Waals surface area contributed by atoms with Crippen molar-refractivity contribution >= 4 is 31.8 Å². The zero-order chi connectivity index (χ0) is 18.8. The van der Waals surface area contributed by atoms with E-state index in [0.717, 1.165) is 44.6 Å². The van der Waals surface area contributed by atoms with Crippen LogP contribution < -0.4 is 0 Å². The number of nitrogens with zero attached hydrogens (tertiary/aromatic N) is 4. The van der Waals surface area contributed by atoms with Crippen LogP contribution in [0.4, 0.5) is 0 Å². The van der Waals surface area contributed by atoms with E-state index in [0.29, 0.717) is 6.42 Å². The smallest absolute Gasteiger partial charge is 0.159 e. The van der Waals surface area contributed by atoms with Crippen molar-refractivity contribution in [1.29, 1.82) is 0 Å². The van der Waals surface area contributed by atoms with E-state index in [1.807, 2.05) is 44.2 Å². The maximum Gasteiger partial charge on any atom is 0.159 e. The molecule has 0 radical (unpaired) electrons. The number of aromatic nitrogens is 5. The predicted molar refractivity (Wildman–Crippen MR) is 104 cm³/mol. The standard InChI is InChI=1S/C19H19N5O2S/c1-11-9-16(18-14-5-3-4-6-15(14)21-22-18)20-19-17(11)12(2)23-24(19)13-7-8-27(25,26)10-13/h3-6,9,13H,7-8,10H2,1-2H3,(H,21,22). The Bertz CT molecular complexity index is 1300. The normalized spacial score (nSPS) is 19.3. The highest BCUT2D eigenvalue weighted by Crippen LogP contribution is 2.32. The number of rotatable bonds is 2. The van der Waals surface area contributed by atoms with E-state index in [1.165, 1.54) is 0 Å². The number of hydrogen-bond acceptors (Lipinski definition) is 5. The average Bonchev–Trinajstić information content (AvgIpc) is 3.30. The number of fused-ring (bicyclic) bond motifs is 2. The molecule has 1 aliphatic rings. The molecule has 5 rings (SSSR count). The molecule has 0 bridgehead atoms. The fourth-order valence-corrected chi connectivity index (χ4v) is 5.72. The van der Waals surface area contributed by atoms with E-state index in [4.69, 9.17) is 4.98 Å². The van der Waals surface area contributed by atoms with Crippen molar-refractivity contribution in [2.75, 3.05) is 11.5 Å². The van der Waals surface area contributed by atoms with Gasteiger partial charge in [0.25, 0.3) is 0 Å². The second-order valence-corrected chi connectivity index (χ2v) is 9.46. The summed E-state index contributed by atoms with van der Waals surface area (Å²) in [5.74, 6) is 0.334. The lowest BCUT2D eigenvalue weighted by molar-refractivity contribution is 0.509. The Kier molecular flexibility index (Phi) is 3.42. The average molecular weight is 381 g/mol. The summed E-state index contributed by atoms with van der Waals surface area (Å²) < 4.78 is 25.7. The van der Waals surface area contributed by atoms with E-state index in [-0.39, 0.29) is 17.5 Å². The predicted octanol–water partition coefficient (Wildman–Crippen LogP) is 2.95. The molecule has 3 aromatic heterocycles. The second kappa shape index (κ2) is 5.63. The summed E-state index contributed by atoms with van der Waals surface area (Å²) in [6.07, 6.45) is 0.578. The second-order valence-electron chi connectivity index (χ2n) is 7.23. The lowest BCUT2D eigenvalue weighted by atomic mass is 10.1. The van der Waals surface area contributed by atoms with Gasteiger partial charge in [-0.25, -0.2) is 18.1 Å². The van der Waals surface area contributed by atoms with Gasteiger partial charge in [0, 0.05) is 10.8 Å². The molecule has 0 aliphatic carbocycles. The van der Waals surface area contributed by atoms with E-state index >= 15 is 0 Å². The quantitative estimate of drug-likeness (QED) is 0.576. The first kappa shape index (κ1) is 16.4. The van der Waals surface area contributed by atoms with E-state index in [1.54, 1.807) is 4.68 Å². The van der Waals surface area contributed by atoms with Gasteiger partial charge in [0.05, 0.1) is 34.5 Å². The number of para-hydroxylation sites is 1. The first-order chi connectivity index (χ1) is 12.9. The molecule has 1 N–H and O–H groups in total. The van der Waals surface area contributed by atoms with E-state index in [2.05, 4.69) is 15.3 Å². The minimum absolute atomic E-state index is 0.125. The number of pyridine rings is 1. The van der Waals surface area contributed by atoms with Gasteiger partial charge in [0.15, 0.2) is 15.5 Å². The highest BCUT2D eigenvalue weighted by Gasteiger charge is 2.31. The Morgan fingerprint density at radius 2 is 2.04 bits per heavy atom. The van der Waals surface area contributed by atoms with E-state index < -0.39 is 9.84 Å². The third-order valence-corrected chi connectivity index (χ3v) is 7.05. The molecular weight excluding hydrogens is 362 g/mol. The fraction of sp³-hybridized carbons (Fsp3) is 0.316. The van der Waals surface area contributed by atoms with Crippen LogP contribution in [0.1, 0.15) is 23.7 Å². The number of H-pyrrole nitrogens is 1. The van der Waals surface area contributed by atoms with Gasteiger partial charge >= 0.3 is 0 Å². The maximum atomic E-state index is 11.9. The summed E-state index contributed by atoms with van der Waals surface area (Å²) in [6.45, 7) is 3.98. The molecule has 1 aromatic carbocycles. The highest BCUT2D eigenvalue weighted by atomic mass is 32.2. The van der Waals surface area contributed by atoms with Gasteiger partial charge in [-0.05, 0) is 38.0 Å². The van der Waals surface area contributed by atoms with Crippen LogP contribution in [0.2, 0.25) is 0 Å². The van der Waals surface area contributed by atoms with Gasteiger partial charge in [-0.15, -0.1) is 0 Å². The van der Waals surface area contributed by atoms with Crippen molar-refractivity contribution in [2.24, 2.45) is 0 Å². The molecule has 138 valence electrons. The summed E-state index contributed by atoms with van der Waals surface area (Å²) in [7, 11) is -3.00. The molecule has 1 unspecified atom stereocenters. The monoisotopic (exact) mass is 381 g/mol. The molecule has 27 heavy (non-hydrogen) atoms. The molecule has 4 heterocycles. The number of hydrogen-bond donors (Lipinski definition) is 1. The molecule has 0 saturated carbocycles. The highest BCUT2D eigenvalue weighted by molar-refractivity contribution is 7.91. The van der Waals surface area contributed by atoms with Crippen molar-refractivity contribution in [3.05, 3.63) is 41.6 Å². The molecule has 0 spiro atoms. The maximum absolute atomic E-state index is 11.9. The summed E-state index contributed by atoms with van der Waals surface area (Å²) in [4.78, 5) is 4.86. The lowest BCUT2D eigenvalue weighted by Crippen LogP contribution is -2.13. The minimum atomic E-state index is -3.00. The van der Waals surface area contributed by atoms with Crippen molar-refractivity contribution < 1.29 is 8.42 Å². The molecule has 1 fully saturated rings. The zero-order valence-corrected chi connectivity index (χ0v) is 15.9. The molecule has 7 nitrogen and oxygen atoms in total. The third kappa shape index (κ3) is 2.55. The number of sulfone groups is 1. The van der Waals surface area contributed by atoms with Gasteiger partial charge in [-0.3, -0.25) is 5.10 Å². The van der Waals surface area contributed by atoms with Crippen molar-refractivity contribution in [1.82, 2.24) is 25.0 Å². The summed E-state index contributed by atoms with van der Waals surface area (Å²) >= 11 is 0. The van der Waals surface area contributed by atoms with Crippen molar-refractivity contribution in [2.45, 2.75) is 26.3 Å². The first-order valence-electron chi connectivity index (χ1n) is 8.93. The Labute approximate surface area is 156 Å². The van der Waals surface area contributed by atoms with Gasteiger partial charge in [-0.1, -0.05) is 18.2 Å². The summed E-state index contributed by atoms with van der Waals surface area (Å²) in [6, 6.07) is 9.80. The van der Waals surface area contributed by atoms with Gasteiger partial charge in [-0.2, -0.15) is 10.2 Å². The van der Waals surface area contributed by atoms with Gasteiger partial charge < -0.3 is 0 Å². The van der Waals surface area contributed by atoms with Crippen LogP contribution in [0.15, 0.2) is 30.3 Å². The fourth-order valence-electron chi connectivity index (χ4n) is 4.03. The molecule has 1 saturated heterocycles. The Hall–Kier alpha value is -2.74. The Balaban J connectivity index is 1.73. The van der Waals surface area contributed by atoms with Crippen molar-refractivity contribution in [3.63, 3.8) is 0 Å². The van der Waals surface area contributed by atoms with Crippen LogP contribution in [0.5, 0.6) is 0 Å².